The number of hydrogen-bond acceptors (Lipinski definition) is 7. The lowest BCUT2D eigenvalue weighted by Crippen LogP contribution is -2.31. The highest BCUT2D eigenvalue weighted by Crippen LogP contribution is 2.29. The van der Waals surface area contributed by atoms with Crippen LogP contribution in [0.5, 0.6) is 5.75 Å². The highest BCUT2D eigenvalue weighted by Gasteiger charge is 2.26. The maximum absolute atomic E-state index is 12.3. The molecule has 2 atom stereocenters. The van der Waals surface area contributed by atoms with E-state index in [1.165, 1.54) is 16.4 Å². The second-order valence-corrected chi connectivity index (χ2v) is 7.35. The maximum atomic E-state index is 12.3. The Morgan fingerprint density at radius 2 is 2.23 bits per heavy atom. The fourth-order valence-electron chi connectivity index (χ4n) is 2.66. The highest BCUT2D eigenvalue weighted by atomic mass is 32.2. The summed E-state index contributed by atoms with van der Waals surface area (Å²) in [6.07, 6.45) is 1.77. The van der Waals surface area contributed by atoms with Gasteiger partial charge in [-0.1, -0.05) is 23.9 Å². The van der Waals surface area contributed by atoms with Gasteiger partial charge in [-0.25, -0.2) is 4.68 Å². The molecule has 0 spiro atoms. The summed E-state index contributed by atoms with van der Waals surface area (Å²) in [7, 11) is 1.62. The molecule has 2 unspecified atom stereocenters. The minimum Gasteiger partial charge on any atom is -0.497 e. The normalized spacial score (nSPS) is 17.8. The lowest BCUT2D eigenvalue weighted by Gasteiger charge is -2.12. The standard InChI is InChI=1S/C17H23N5O3S/c1-11(16(23)19-10-12-5-7-13(24-2)8-6-12)26-17-21-20-15(22(17)18)14-4-3-9-25-14/h5-8,11,14H,3-4,9-10,18H2,1-2H3,(H,19,23). The Morgan fingerprint density at radius 3 is 2.88 bits per heavy atom. The first-order chi connectivity index (χ1) is 12.6. The fraction of sp³-hybridized carbons (Fsp3) is 0.471. The highest BCUT2D eigenvalue weighted by molar-refractivity contribution is 8.00. The van der Waals surface area contributed by atoms with Crippen molar-refractivity contribution in [1.82, 2.24) is 20.2 Å². The molecule has 2 aromatic rings. The van der Waals surface area contributed by atoms with Gasteiger partial charge in [0.1, 0.15) is 11.9 Å². The molecule has 0 radical (unpaired) electrons. The number of methoxy groups -OCH3 is 1. The van der Waals surface area contributed by atoms with E-state index in [1.54, 1.807) is 7.11 Å². The van der Waals surface area contributed by atoms with Gasteiger partial charge in [-0.05, 0) is 37.5 Å². The predicted octanol–water partition coefficient (Wildman–Crippen LogP) is 1.65. The lowest BCUT2D eigenvalue weighted by atomic mass is 10.2. The van der Waals surface area contributed by atoms with Crippen LogP contribution in [0.2, 0.25) is 0 Å². The topological polar surface area (TPSA) is 104 Å². The van der Waals surface area contributed by atoms with Crippen molar-refractivity contribution in [2.45, 2.75) is 42.8 Å². The smallest absolute Gasteiger partial charge is 0.233 e. The molecule has 1 fully saturated rings. The number of nitrogens with zero attached hydrogens (tertiary/aromatic N) is 3. The molecule has 1 aromatic carbocycles. The largest absolute Gasteiger partial charge is 0.497 e. The molecule has 26 heavy (non-hydrogen) atoms. The van der Waals surface area contributed by atoms with Crippen LogP contribution in [-0.4, -0.2) is 39.7 Å². The molecule has 2 heterocycles. The third kappa shape index (κ3) is 4.28. The van der Waals surface area contributed by atoms with E-state index in [-0.39, 0.29) is 17.3 Å². The molecule has 0 bridgehead atoms. The van der Waals surface area contributed by atoms with E-state index in [0.717, 1.165) is 24.2 Å². The van der Waals surface area contributed by atoms with Gasteiger partial charge >= 0.3 is 0 Å². The summed E-state index contributed by atoms with van der Waals surface area (Å²) >= 11 is 1.28. The summed E-state index contributed by atoms with van der Waals surface area (Å²) in [5, 5.41) is 11.3. The van der Waals surface area contributed by atoms with Crippen LogP contribution in [0, 0.1) is 0 Å². The number of rotatable bonds is 7. The average molecular weight is 377 g/mol. The van der Waals surface area contributed by atoms with Crippen LogP contribution >= 0.6 is 11.8 Å². The van der Waals surface area contributed by atoms with Gasteiger partial charge in [0.2, 0.25) is 11.1 Å². The van der Waals surface area contributed by atoms with Crippen LogP contribution in [0.15, 0.2) is 29.4 Å². The minimum absolute atomic E-state index is 0.0903. The molecular weight excluding hydrogens is 354 g/mol. The van der Waals surface area contributed by atoms with Crippen LogP contribution in [0.4, 0.5) is 0 Å². The Bertz CT molecular complexity index is 743. The van der Waals surface area contributed by atoms with Crippen molar-refractivity contribution in [3.63, 3.8) is 0 Å². The number of carbonyl (C=O) groups is 1. The van der Waals surface area contributed by atoms with E-state index in [9.17, 15) is 4.79 Å². The Balaban J connectivity index is 1.53. The second-order valence-electron chi connectivity index (χ2n) is 6.04. The van der Waals surface area contributed by atoms with Crippen molar-refractivity contribution in [2.24, 2.45) is 0 Å². The third-order valence-electron chi connectivity index (χ3n) is 4.19. The van der Waals surface area contributed by atoms with Crippen LogP contribution in [0.25, 0.3) is 0 Å². The number of nitrogens with one attached hydrogen (secondary N) is 1. The van der Waals surface area contributed by atoms with Crippen LogP contribution < -0.4 is 15.9 Å². The number of benzene rings is 1. The molecule has 9 heteroatoms. The van der Waals surface area contributed by atoms with E-state index in [1.807, 2.05) is 31.2 Å². The summed E-state index contributed by atoms with van der Waals surface area (Å²) in [6, 6.07) is 7.56. The van der Waals surface area contributed by atoms with Crippen molar-refractivity contribution in [2.75, 3.05) is 19.6 Å². The number of hydrogen-bond donors (Lipinski definition) is 2. The zero-order valence-electron chi connectivity index (χ0n) is 14.8. The number of ether oxygens (including phenoxy) is 2. The van der Waals surface area contributed by atoms with Crippen molar-refractivity contribution in [1.29, 1.82) is 0 Å². The van der Waals surface area contributed by atoms with Gasteiger partial charge in [0.15, 0.2) is 5.82 Å². The maximum Gasteiger partial charge on any atom is 0.233 e. The van der Waals surface area contributed by atoms with Crippen LogP contribution in [0.3, 0.4) is 0 Å². The zero-order valence-corrected chi connectivity index (χ0v) is 15.7. The molecule has 1 aromatic heterocycles. The van der Waals surface area contributed by atoms with Crippen LogP contribution in [0.1, 0.15) is 37.3 Å². The van der Waals surface area contributed by atoms with Gasteiger partial charge < -0.3 is 20.6 Å². The first-order valence-corrected chi connectivity index (χ1v) is 9.35. The van der Waals surface area contributed by atoms with Crippen molar-refractivity contribution in [3.05, 3.63) is 35.7 Å². The van der Waals surface area contributed by atoms with E-state index in [2.05, 4.69) is 15.5 Å². The van der Waals surface area contributed by atoms with Crippen LogP contribution in [-0.2, 0) is 16.1 Å². The quantitative estimate of drug-likeness (QED) is 0.558. The van der Waals surface area contributed by atoms with Gasteiger partial charge in [-0.3, -0.25) is 4.79 Å². The van der Waals surface area contributed by atoms with Gasteiger partial charge in [0.25, 0.3) is 0 Å². The van der Waals surface area contributed by atoms with Gasteiger partial charge in [-0.15, -0.1) is 10.2 Å². The molecule has 8 nitrogen and oxygen atoms in total. The van der Waals surface area contributed by atoms with Gasteiger partial charge in [-0.2, -0.15) is 0 Å². The van der Waals surface area contributed by atoms with E-state index in [0.29, 0.717) is 24.1 Å². The summed E-state index contributed by atoms with van der Waals surface area (Å²) in [6.45, 7) is 2.98. The first-order valence-electron chi connectivity index (χ1n) is 8.47. The molecule has 1 amide bonds. The first kappa shape index (κ1) is 18.5. The summed E-state index contributed by atoms with van der Waals surface area (Å²) in [4.78, 5) is 12.3. The van der Waals surface area contributed by atoms with E-state index >= 15 is 0 Å². The molecule has 1 aliphatic heterocycles. The molecule has 0 saturated carbocycles. The van der Waals surface area contributed by atoms with Crippen molar-refractivity contribution in [3.8, 4) is 5.75 Å². The number of thioether (sulfide) groups is 1. The Hall–Kier alpha value is -2.26. The van der Waals surface area contributed by atoms with E-state index < -0.39 is 0 Å². The second kappa shape index (κ2) is 8.41. The molecule has 3 rings (SSSR count). The van der Waals surface area contributed by atoms with Crippen molar-refractivity contribution < 1.29 is 14.3 Å². The molecule has 3 N–H and O–H groups in total. The Kier molecular flexibility index (Phi) is 6.00. The monoisotopic (exact) mass is 377 g/mol. The third-order valence-corrected chi connectivity index (χ3v) is 5.24. The number of carbonyl (C=O) groups excluding carboxylic acids is 1. The molecule has 1 aliphatic rings. The van der Waals surface area contributed by atoms with E-state index in [4.69, 9.17) is 15.3 Å². The summed E-state index contributed by atoms with van der Waals surface area (Å²) in [5.74, 6) is 7.37. The number of nitrogen functional groups attached to an aromatic ring is 1. The zero-order chi connectivity index (χ0) is 18.5. The predicted molar refractivity (Wildman–Crippen MR) is 98.3 cm³/mol. The number of amides is 1. The van der Waals surface area contributed by atoms with Gasteiger partial charge in [0, 0.05) is 13.2 Å². The fourth-order valence-corrected chi connectivity index (χ4v) is 3.46. The Morgan fingerprint density at radius 1 is 1.46 bits per heavy atom. The Labute approximate surface area is 156 Å². The average Bonchev–Trinajstić information content (AvgIpc) is 3.30. The van der Waals surface area contributed by atoms with Crippen molar-refractivity contribution >= 4 is 17.7 Å². The molecule has 140 valence electrons. The molecule has 1 saturated heterocycles. The molecule has 0 aliphatic carbocycles. The SMILES string of the molecule is COc1ccc(CNC(=O)C(C)Sc2nnc(C3CCCO3)n2N)cc1. The summed E-state index contributed by atoms with van der Waals surface area (Å²) < 4.78 is 12.1. The molecular formula is C17H23N5O3S. The minimum atomic E-state index is -0.350. The number of nitrogens with two attached hydrogens (primary N) is 1. The van der Waals surface area contributed by atoms with Gasteiger partial charge in [0.05, 0.1) is 12.4 Å². The summed E-state index contributed by atoms with van der Waals surface area (Å²) in [5.41, 5.74) is 0.999. The lowest BCUT2D eigenvalue weighted by molar-refractivity contribution is -0.120. The number of aromatic nitrogens is 3.